The zero-order chi connectivity index (χ0) is 25.2. The number of carbonyl (C=O) groups excluding carboxylic acids is 3. The molecule has 0 unspecified atom stereocenters. The van der Waals surface area contributed by atoms with Crippen LogP contribution in [0.15, 0.2) is 82.5 Å². The first-order valence-electron chi connectivity index (χ1n) is 11.3. The molecule has 2 N–H and O–H groups in total. The maximum atomic E-state index is 12.9. The molecule has 1 aromatic heterocycles. The second-order valence-electron chi connectivity index (χ2n) is 8.30. The van der Waals surface area contributed by atoms with Crippen LogP contribution in [-0.4, -0.2) is 68.1 Å². The highest BCUT2D eigenvalue weighted by Crippen LogP contribution is 2.41. The summed E-state index contributed by atoms with van der Waals surface area (Å²) >= 11 is 2.74. The number of carboxylic acids is 1. The van der Waals surface area contributed by atoms with Crippen molar-refractivity contribution in [3.63, 3.8) is 0 Å². The van der Waals surface area contributed by atoms with E-state index in [0.717, 1.165) is 4.90 Å². The van der Waals surface area contributed by atoms with E-state index in [2.05, 4.69) is 10.3 Å². The predicted molar refractivity (Wildman–Crippen MR) is 136 cm³/mol. The van der Waals surface area contributed by atoms with Crippen LogP contribution in [0.3, 0.4) is 0 Å². The Morgan fingerprint density at radius 1 is 1.17 bits per heavy atom. The minimum atomic E-state index is -1.24. The summed E-state index contributed by atoms with van der Waals surface area (Å²) in [5.74, 6) is -1.22. The molecule has 11 heteroatoms. The average molecular weight is 523 g/mol. The number of carbonyl (C=O) groups is 4. The average Bonchev–Trinajstić information content (AvgIpc) is 3.26. The summed E-state index contributed by atoms with van der Waals surface area (Å²) in [6.07, 6.45) is 3.65. The number of hydrogen-bond acceptors (Lipinski definition) is 7. The van der Waals surface area contributed by atoms with Gasteiger partial charge in [0.05, 0.1) is 5.75 Å². The van der Waals surface area contributed by atoms with E-state index in [0.29, 0.717) is 35.7 Å². The van der Waals surface area contributed by atoms with E-state index in [1.54, 1.807) is 35.4 Å². The molecule has 2 fully saturated rings. The van der Waals surface area contributed by atoms with Gasteiger partial charge in [0.1, 0.15) is 22.9 Å². The lowest BCUT2D eigenvalue weighted by molar-refractivity contribution is -0.150. The quantitative estimate of drug-likeness (QED) is 0.323. The molecule has 1 aromatic carbocycles. The molecule has 184 valence electrons. The Bertz CT molecular complexity index is 1280. The van der Waals surface area contributed by atoms with Crippen molar-refractivity contribution >= 4 is 53.0 Å². The molecule has 0 radical (unpaired) electrons. The van der Waals surface area contributed by atoms with Crippen molar-refractivity contribution in [2.75, 3.05) is 23.0 Å². The van der Waals surface area contributed by atoms with Gasteiger partial charge in [-0.05, 0) is 42.3 Å². The summed E-state index contributed by atoms with van der Waals surface area (Å²) in [4.78, 5) is 58.3. The number of thioether (sulfide) groups is 2. The van der Waals surface area contributed by atoms with Crippen molar-refractivity contribution < 1.29 is 24.3 Å². The van der Waals surface area contributed by atoms with E-state index in [1.165, 1.54) is 28.4 Å². The molecule has 4 heterocycles. The van der Waals surface area contributed by atoms with E-state index in [-0.39, 0.29) is 23.3 Å². The van der Waals surface area contributed by atoms with Crippen LogP contribution in [0, 0.1) is 0 Å². The third kappa shape index (κ3) is 4.63. The first-order valence-corrected chi connectivity index (χ1v) is 13.3. The fraction of sp³-hybridized carbons (Fsp3) is 0.240. The second kappa shape index (κ2) is 10.2. The molecular formula is C25H22N4O5S2. The molecule has 0 saturated carbocycles. The van der Waals surface area contributed by atoms with Crippen molar-refractivity contribution in [1.82, 2.24) is 15.2 Å². The smallest absolute Gasteiger partial charge is 0.352 e. The number of hydrogen-bond donors (Lipinski definition) is 2. The summed E-state index contributed by atoms with van der Waals surface area (Å²) in [6.45, 7) is 0.449. The summed E-state index contributed by atoms with van der Waals surface area (Å²) < 4.78 is 0. The van der Waals surface area contributed by atoms with Gasteiger partial charge in [0.15, 0.2) is 0 Å². The van der Waals surface area contributed by atoms with E-state index in [9.17, 15) is 24.3 Å². The predicted octanol–water partition coefficient (Wildman–Crippen LogP) is 2.28. The van der Waals surface area contributed by atoms with Gasteiger partial charge in [-0.1, -0.05) is 24.3 Å². The number of carboxylic acid groups (broad SMARTS) is 1. The highest BCUT2D eigenvalue weighted by molar-refractivity contribution is 8.00. The van der Waals surface area contributed by atoms with Crippen LogP contribution in [0.1, 0.15) is 6.42 Å². The van der Waals surface area contributed by atoms with Crippen molar-refractivity contribution in [3.05, 3.63) is 77.6 Å². The number of allylic oxidation sites excluding steroid dienone is 1. The molecule has 9 nitrogen and oxygen atoms in total. The van der Waals surface area contributed by atoms with Crippen LogP contribution in [0.2, 0.25) is 0 Å². The molecule has 0 aliphatic carbocycles. The first-order chi connectivity index (χ1) is 17.4. The Morgan fingerprint density at radius 2 is 1.94 bits per heavy atom. The van der Waals surface area contributed by atoms with Crippen LogP contribution in [-0.2, 0) is 19.2 Å². The van der Waals surface area contributed by atoms with E-state index in [4.69, 9.17) is 0 Å². The van der Waals surface area contributed by atoms with E-state index in [1.807, 2.05) is 30.3 Å². The van der Waals surface area contributed by atoms with Crippen LogP contribution in [0.25, 0.3) is 0 Å². The molecule has 3 aliphatic rings. The molecule has 3 amide bonds. The maximum Gasteiger partial charge on any atom is 0.352 e. The minimum absolute atomic E-state index is 0.135. The van der Waals surface area contributed by atoms with Gasteiger partial charge in [0.2, 0.25) is 5.91 Å². The Balaban J connectivity index is 1.28. The molecule has 0 spiro atoms. The molecule has 2 aromatic rings. The highest BCUT2D eigenvalue weighted by Gasteiger charge is 2.54. The Labute approximate surface area is 215 Å². The van der Waals surface area contributed by atoms with Gasteiger partial charge < -0.3 is 10.4 Å². The van der Waals surface area contributed by atoms with Gasteiger partial charge >= 0.3 is 5.97 Å². The van der Waals surface area contributed by atoms with Gasteiger partial charge in [-0.25, -0.2) is 9.78 Å². The largest absolute Gasteiger partial charge is 0.477 e. The van der Waals surface area contributed by atoms with Gasteiger partial charge in [0, 0.05) is 29.0 Å². The second-order valence-corrected chi connectivity index (χ2v) is 10.5. The monoisotopic (exact) mass is 522 g/mol. The summed E-state index contributed by atoms with van der Waals surface area (Å²) in [5, 5.41) is 12.2. The zero-order valence-electron chi connectivity index (χ0n) is 19.0. The van der Waals surface area contributed by atoms with Crippen molar-refractivity contribution in [3.8, 4) is 0 Å². The van der Waals surface area contributed by atoms with Crippen LogP contribution in [0.5, 0.6) is 0 Å². The summed E-state index contributed by atoms with van der Waals surface area (Å²) in [5.41, 5.74) is 0.751. The zero-order valence-corrected chi connectivity index (χ0v) is 20.6. The molecule has 36 heavy (non-hydrogen) atoms. The van der Waals surface area contributed by atoms with E-state index < -0.39 is 23.3 Å². The maximum absolute atomic E-state index is 12.9. The first kappa shape index (κ1) is 24.1. The fourth-order valence-corrected chi connectivity index (χ4v) is 6.36. The molecule has 0 bridgehead atoms. The fourth-order valence-electron chi connectivity index (χ4n) is 4.33. The lowest BCUT2D eigenvalue weighted by Gasteiger charge is -2.49. The number of aromatic nitrogens is 1. The van der Waals surface area contributed by atoms with Crippen molar-refractivity contribution in [2.45, 2.75) is 22.7 Å². The Kier molecular flexibility index (Phi) is 6.84. The van der Waals surface area contributed by atoms with Crippen molar-refractivity contribution in [2.24, 2.45) is 0 Å². The van der Waals surface area contributed by atoms with Crippen molar-refractivity contribution in [1.29, 1.82) is 0 Å². The van der Waals surface area contributed by atoms with Gasteiger partial charge in [0.25, 0.3) is 11.8 Å². The third-order valence-electron chi connectivity index (χ3n) is 6.03. The van der Waals surface area contributed by atoms with Gasteiger partial charge in [-0.2, -0.15) is 0 Å². The molecule has 2 atom stereocenters. The summed E-state index contributed by atoms with van der Waals surface area (Å²) in [6, 6.07) is 14.0. The number of fused-ring (bicyclic) bond motifs is 1. The number of nitrogens with one attached hydrogen (secondary N) is 1. The Hall–Kier alpha value is -3.57. The number of anilines is 1. The number of rotatable bonds is 7. The number of nitrogens with zero attached hydrogens (tertiary/aromatic N) is 3. The molecule has 5 rings (SSSR count). The summed E-state index contributed by atoms with van der Waals surface area (Å²) in [7, 11) is 0. The van der Waals surface area contributed by atoms with E-state index >= 15 is 0 Å². The van der Waals surface area contributed by atoms with Gasteiger partial charge in [-0.3, -0.25) is 24.2 Å². The number of β-lactam (4-membered cyclic amide) rings is 1. The van der Waals surface area contributed by atoms with Crippen LogP contribution in [0.4, 0.5) is 5.82 Å². The Morgan fingerprint density at radius 3 is 2.67 bits per heavy atom. The highest BCUT2D eigenvalue weighted by atomic mass is 32.2. The standard InChI is InChI=1S/C25H22N4O5S2/c30-19(14-35-17-6-2-1-3-7-17)27-20-23(32)29-21(25(33)34)16(13-36-24(20)29)12-15-9-11-28(22(15)31)18-8-4-5-10-26-18/h1-8,10,12,20,24H,9,11,13-14H2,(H,27,30)(H,33,34)/t20-,24-/m1/s1. The van der Waals surface area contributed by atoms with Gasteiger partial charge in [-0.15, -0.1) is 23.5 Å². The number of pyridine rings is 1. The number of benzene rings is 1. The normalized spacial score (nSPS) is 22.5. The minimum Gasteiger partial charge on any atom is -0.477 e. The number of aliphatic carboxylic acids is 1. The van der Waals surface area contributed by atoms with Crippen LogP contribution < -0.4 is 10.2 Å². The SMILES string of the molecule is O=C(CSc1ccccc1)N[C@@H]1C(=O)N2C(C(=O)O)=C(C=C3CCN(c4ccccn4)C3=O)CS[C@H]12. The lowest BCUT2D eigenvalue weighted by atomic mass is 10.0. The van der Waals surface area contributed by atoms with Crippen LogP contribution >= 0.6 is 23.5 Å². The third-order valence-corrected chi connectivity index (χ3v) is 8.34. The topological polar surface area (TPSA) is 120 Å². The molecule has 2 saturated heterocycles. The number of amides is 3. The lowest BCUT2D eigenvalue weighted by Crippen LogP contribution is -2.70. The molecular weight excluding hydrogens is 500 g/mol. The molecule has 3 aliphatic heterocycles.